The summed E-state index contributed by atoms with van der Waals surface area (Å²) in [6.45, 7) is 5.99. The Balaban J connectivity index is 2.51. The van der Waals surface area contributed by atoms with Crippen LogP contribution in [0.4, 0.5) is 5.69 Å². The van der Waals surface area contributed by atoms with E-state index in [1.807, 2.05) is 23.3 Å². The number of hydrogen-bond donors (Lipinski definition) is 2. The van der Waals surface area contributed by atoms with Crippen LogP contribution in [0.3, 0.4) is 0 Å². The fourth-order valence-corrected chi connectivity index (χ4v) is 2.56. The van der Waals surface area contributed by atoms with Crippen LogP contribution in [-0.4, -0.2) is 27.4 Å². The Bertz CT molecular complexity index is 546. The first kappa shape index (κ1) is 13.4. The van der Waals surface area contributed by atoms with Gasteiger partial charge in [-0.2, -0.15) is 0 Å². The van der Waals surface area contributed by atoms with E-state index in [-0.39, 0.29) is 0 Å². The molecule has 0 bridgehead atoms. The first-order valence-electron chi connectivity index (χ1n) is 6.03. The highest BCUT2D eigenvalue weighted by Gasteiger charge is 2.19. The van der Waals surface area contributed by atoms with Gasteiger partial charge in [0.1, 0.15) is 0 Å². The van der Waals surface area contributed by atoms with Gasteiger partial charge in [0, 0.05) is 30.2 Å². The van der Waals surface area contributed by atoms with Crippen LogP contribution < -0.4 is 5.01 Å². The SMILES string of the molecule is CCN(CC)N(C(=S)S)c1c[nH]c2ccccc12. The number of benzene rings is 1. The number of fused-ring (bicyclic) bond motifs is 1. The predicted molar refractivity (Wildman–Crippen MR) is 85.3 cm³/mol. The molecule has 1 aromatic heterocycles. The summed E-state index contributed by atoms with van der Waals surface area (Å²) < 4.78 is 0.559. The van der Waals surface area contributed by atoms with Crippen molar-refractivity contribution in [3.8, 4) is 0 Å². The van der Waals surface area contributed by atoms with Gasteiger partial charge in [-0.25, -0.2) is 5.01 Å². The van der Waals surface area contributed by atoms with E-state index in [1.54, 1.807) is 0 Å². The molecule has 2 aromatic rings. The second kappa shape index (κ2) is 5.73. The zero-order valence-corrected chi connectivity index (χ0v) is 12.3. The molecule has 2 rings (SSSR count). The Morgan fingerprint density at radius 2 is 1.94 bits per heavy atom. The molecule has 0 aliphatic heterocycles. The van der Waals surface area contributed by atoms with Gasteiger partial charge in [0.2, 0.25) is 0 Å². The first-order valence-corrected chi connectivity index (χ1v) is 6.88. The van der Waals surface area contributed by atoms with Gasteiger partial charge in [0.05, 0.1) is 5.69 Å². The summed E-state index contributed by atoms with van der Waals surface area (Å²) in [6.07, 6.45) is 1.98. The van der Waals surface area contributed by atoms with Crippen LogP contribution in [0, 0.1) is 0 Å². The number of aromatic amines is 1. The lowest BCUT2D eigenvalue weighted by atomic mass is 10.2. The van der Waals surface area contributed by atoms with E-state index in [1.165, 1.54) is 0 Å². The molecular weight excluding hydrogens is 262 g/mol. The van der Waals surface area contributed by atoms with E-state index in [0.29, 0.717) is 4.32 Å². The molecule has 0 fully saturated rings. The highest BCUT2D eigenvalue weighted by Crippen LogP contribution is 2.28. The summed E-state index contributed by atoms with van der Waals surface area (Å²) >= 11 is 9.63. The topological polar surface area (TPSA) is 22.3 Å². The van der Waals surface area contributed by atoms with Crippen LogP contribution in [-0.2, 0) is 0 Å². The largest absolute Gasteiger partial charge is 0.359 e. The zero-order valence-electron chi connectivity index (χ0n) is 10.6. The summed E-state index contributed by atoms with van der Waals surface area (Å²) in [6, 6.07) is 8.19. The Hall–Kier alpha value is -1.04. The monoisotopic (exact) mass is 279 g/mol. The molecule has 0 saturated carbocycles. The van der Waals surface area contributed by atoms with E-state index < -0.39 is 0 Å². The Labute approximate surface area is 118 Å². The molecule has 0 radical (unpaired) electrons. The van der Waals surface area contributed by atoms with Crippen molar-refractivity contribution in [3.63, 3.8) is 0 Å². The molecule has 0 saturated heterocycles. The van der Waals surface area contributed by atoms with E-state index >= 15 is 0 Å². The van der Waals surface area contributed by atoms with Crippen LogP contribution in [0.2, 0.25) is 0 Å². The minimum atomic E-state index is 0.559. The molecule has 1 aromatic carbocycles. The summed E-state index contributed by atoms with van der Waals surface area (Å²) in [5, 5.41) is 5.29. The third-order valence-electron chi connectivity index (χ3n) is 2.99. The lowest BCUT2D eigenvalue weighted by Crippen LogP contribution is -2.44. The van der Waals surface area contributed by atoms with Crippen molar-refractivity contribution in [1.29, 1.82) is 0 Å². The quantitative estimate of drug-likeness (QED) is 0.509. The normalized spacial score (nSPS) is 11.1. The third-order valence-corrected chi connectivity index (χ3v) is 3.35. The van der Waals surface area contributed by atoms with Gasteiger partial charge in [-0.1, -0.05) is 44.3 Å². The van der Waals surface area contributed by atoms with Gasteiger partial charge in [-0.05, 0) is 6.07 Å². The number of rotatable bonds is 4. The zero-order chi connectivity index (χ0) is 13.1. The van der Waals surface area contributed by atoms with E-state index in [2.05, 4.69) is 48.6 Å². The molecule has 1 heterocycles. The van der Waals surface area contributed by atoms with Crippen molar-refractivity contribution in [2.24, 2.45) is 0 Å². The molecule has 96 valence electrons. The van der Waals surface area contributed by atoms with E-state index in [9.17, 15) is 0 Å². The second-order valence-electron chi connectivity index (χ2n) is 3.95. The van der Waals surface area contributed by atoms with Crippen LogP contribution in [0.25, 0.3) is 10.9 Å². The highest BCUT2D eigenvalue weighted by molar-refractivity contribution is 8.11. The molecule has 5 heteroatoms. The number of hydrazine groups is 1. The van der Waals surface area contributed by atoms with Crippen LogP contribution in [0.1, 0.15) is 13.8 Å². The maximum absolute atomic E-state index is 5.27. The van der Waals surface area contributed by atoms with E-state index in [4.69, 9.17) is 12.2 Å². The first-order chi connectivity index (χ1) is 8.69. The van der Waals surface area contributed by atoms with E-state index in [0.717, 1.165) is 29.7 Å². The number of H-pyrrole nitrogens is 1. The lowest BCUT2D eigenvalue weighted by Gasteiger charge is -2.33. The molecule has 0 atom stereocenters. The third kappa shape index (κ3) is 2.39. The van der Waals surface area contributed by atoms with Crippen LogP contribution in [0.15, 0.2) is 30.5 Å². The predicted octanol–water partition coefficient (Wildman–Crippen LogP) is 3.45. The molecule has 0 unspecified atom stereocenters. The number of nitrogens with zero attached hydrogens (tertiary/aromatic N) is 2. The molecule has 0 amide bonds. The number of thiocarbonyl (C=S) groups is 1. The molecule has 1 N–H and O–H groups in total. The summed E-state index contributed by atoms with van der Waals surface area (Å²) in [5.74, 6) is 0. The number of thiol groups is 1. The smallest absolute Gasteiger partial charge is 0.152 e. The number of aromatic nitrogens is 1. The Morgan fingerprint density at radius 1 is 1.28 bits per heavy atom. The number of anilines is 1. The number of hydrogen-bond acceptors (Lipinski definition) is 2. The molecule has 18 heavy (non-hydrogen) atoms. The second-order valence-corrected chi connectivity index (χ2v) is 5.07. The molecule has 0 aliphatic rings. The fourth-order valence-electron chi connectivity index (χ4n) is 2.11. The lowest BCUT2D eigenvalue weighted by molar-refractivity contribution is 0.321. The van der Waals surface area contributed by atoms with Crippen molar-refractivity contribution >= 4 is 45.8 Å². The summed E-state index contributed by atoms with van der Waals surface area (Å²) in [5.41, 5.74) is 2.16. The van der Waals surface area contributed by atoms with Crippen LogP contribution >= 0.6 is 24.8 Å². The van der Waals surface area contributed by atoms with Crippen molar-refractivity contribution in [1.82, 2.24) is 9.99 Å². The maximum atomic E-state index is 5.27. The Morgan fingerprint density at radius 3 is 2.56 bits per heavy atom. The average Bonchev–Trinajstić information content (AvgIpc) is 2.79. The summed E-state index contributed by atoms with van der Waals surface area (Å²) in [7, 11) is 0. The molecule has 0 aliphatic carbocycles. The van der Waals surface area contributed by atoms with Gasteiger partial charge in [-0.15, -0.1) is 12.6 Å². The number of para-hydroxylation sites is 1. The molecule has 3 nitrogen and oxygen atoms in total. The van der Waals surface area contributed by atoms with Crippen LogP contribution in [0.5, 0.6) is 0 Å². The van der Waals surface area contributed by atoms with Crippen molar-refractivity contribution in [2.45, 2.75) is 13.8 Å². The molecule has 0 spiro atoms. The van der Waals surface area contributed by atoms with Gasteiger partial charge in [0.15, 0.2) is 4.32 Å². The minimum Gasteiger partial charge on any atom is -0.359 e. The Kier molecular flexibility index (Phi) is 4.27. The van der Waals surface area contributed by atoms with Crippen molar-refractivity contribution < 1.29 is 0 Å². The molecular formula is C13H17N3S2. The fraction of sp³-hybridized carbons (Fsp3) is 0.308. The minimum absolute atomic E-state index is 0.559. The van der Waals surface area contributed by atoms with Gasteiger partial charge >= 0.3 is 0 Å². The standard InChI is InChI=1S/C13H17N3S2/c1-3-15(4-2)16(13(17)18)12-9-14-11-8-6-5-7-10(11)12/h5-9,14H,3-4H2,1-2H3,(H,17,18). The highest BCUT2D eigenvalue weighted by atomic mass is 32.1. The average molecular weight is 279 g/mol. The van der Waals surface area contributed by atoms with Crippen molar-refractivity contribution in [3.05, 3.63) is 30.5 Å². The van der Waals surface area contributed by atoms with Gasteiger partial charge in [-0.3, -0.25) is 5.01 Å². The van der Waals surface area contributed by atoms with Gasteiger partial charge < -0.3 is 4.98 Å². The van der Waals surface area contributed by atoms with Crippen molar-refractivity contribution in [2.75, 3.05) is 18.1 Å². The number of nitrogens with one attached hydrogen (secondary N) is 1. The maximum Gasteiger partial charge on any atom is 0.152 e. The van der Waals surface area contributed by atoms with Gasteiger partial charge in [0.25, 0.3) is 0 Å². The summed E-state index contributed by atoms with van der Waals surface area (Å²) in [4.78, 5) is 3.26.